The van der Waals surface area contributed by atoms with Gasteiger partial charge in [-0.2, -0.15) is 0 Å². The third kappa shape index (κ3) is 2.26. The Hall–Kier alpha value is -1.52. The van der Waals surface area contributed by atoms with Gasteiger partial charge in [0.25, 0.3) is 5.91 Å². The molecule has 0 spiro atoms. The van der Waals surface area contributed by atoms with E-state index >= 15 is 0 Å². The predicted octanol–water partition coefficient (Wildman–Crippen LogP) is 0.773. The van der Waals surface area contributed by atoms with Crippen molar-refractivity contribution in [3.63, 3.8) is 0 Å². The van der Waals surface area contributed by atoms with Crippen LogP contribution in [0, 0.1) is 0 Å². The van der Waals surface area contributed by atoms with Crippen molar-refractivity contribution in [2.75, 3.05) is 5.32 Å². The van der Waals surface area contributed by atoms with Gasteiger partial charge < -0.3 is 5.32 Å². The lowest BCUT2D eigenvalue weighted by molar-refractivity contribution is -0.120. The number of halogens is 1. The molecule has 1 aromatic rings. The van der Waals surface area contributed by atoms with Gasteiger partial charge in [-0.05, 0) is 13.0 Å². The van der Waals surface area contributed by atoms with Crippen LogP contribution in [0.2, 0.25) is 0 Å². The van der Waals surface area contributed by atoms with Crippen LogP contribution < -0.4 is 5.32 Å². The van der Waals surface area contributed by atoms with Crippen molar-refractivity contribution in [2.45, 2.75) is 13.1 Å². The quantitative estimate of drug-likeness (QED) is 0.711. The molecule has 1 N–H and O–H groups in total. The van der Waals surface area contributed by atoms with Gasteiger partial charge in [0.1, 0.15) is 12.1 Å². The molecule has 0 aromatic carbocycles. The number of alkyl halides is 1. The van der Waals surface area contributed by atoms with E-state index in [2.05, 4.69) is 15.3 Å². The lowest BCUT2D eigenvalue weighted by Gasteiger charge is -2.02. The van der Waals surface area contributed by atoms with Gasteiger partial charge >= 0.3 is 0 Å². The predicted molar refractivity (Wildman–Crippen MR) is 41.2 cm³/mol. The highest BCUT2D eigenvalue weighted by Gasteiger charge is 2.10. The van der Waals surface area contributed by atoms with Crippen LogP contribution in [0.4, 0.5) is 10.2 Å². The summed E-state index contributed by atoms with van der Waals surface area (Å²) in [6.07, 6.45) is 1.21. The van der Waals surface area contributed by atoms with Crippen LogP contribution in [0.25, 0.3) is 0 Å². The smallest absolute Gasteiger partial charge is 0.259 e. The molecule has 5 heteroatoms. The highest BCUT2D eigenvalue weighted by atomic mass is 19.1. The third-order valence-electron chi connectivity index (χ3n) is 1.19. The molecule has 0 aliphatic rings. The maximum Gasteiger partial charge on any atom is 0.259 e. The number of carbonyl (C=O) groups excluding carboxylic acids is 1. The zero-order valence-corrected chi connectivity index (χ0v) is 6.49. The Morgan fingerprint density at radius 1 is 1.75 bits per heavy atom. The maximum absolute atomic E-state index is 12.3. The molecule has 1 aromatic heterocycles. The van der Waals surface area contributed by atoms with E-state index in [4.69, 9.17) is 0 Å². The van der Waals surface area contributed by atoms with E-state index in [-0.39, 0.29) is 0 Å². The molecule has 4 nitrogen and oxygen atoms in total. The first-order valence-corrected chi connectivity index (χ1v) is 3.41. The Bertz CT molecular complexity index is 263. The number of aromatic nitrogens is 2. The molecule has 1 unspecified atom stereocenters. The first-order chi connectivity index (χ1) is 5.70. The van der Waals surface area contributed by atoms with Crippen molar-refractivity contribution in [1.29, 1.82) is 0 Å². The summed E-state index contributed by atoms with van der Waals surface area (Å²) in [6, 6.07) is 1.49. The normalized spacial score (nSPS) is 12.2. The van der Waals surface area contributed by atoms with Crippen LogP contribution in [-0.4, -0.2) is 22.0 Å². The van der Waals surface area contributed by atoms with Gasteiger partial charge in [-0.15, -0.1) is 0 Å². The van der Waals surface area contributed by atoms with Gasteiger partial charge in [0.2, 0.25) is 0 Å². The van der Waals surface area contributed by atoms with Crippen LogP contribution in [0.5, 0.6) is 0 Å². The fraction of sp³-hybridized carbons (Fsp3) is 0.286. The fourth-order valence-corrected chi connectivity index (χ4v) is 0.590. The highest BCUT2D eigenvalue weighted by Crippen LogP contribution is 2.00. The first-order valence-electron chi connectivity index (χ1n) is 3.41. The number of anilines is 1. The van der Waals surface area contributed by atoms with Crippen LogP contribution in [0.3, 0.4) is 0 Å². The summed E-state index contributed by atoms with van der Waals surface area (Å²) in [5.74, 6) is -0.395. The second kappa shape index (κ2) is 3.75. The second-order valence-electron chi connectivity index (χ2n) is 2.20. The number of hydrogen-bond acceptors (Lipinski definition) is 3. The summed E-state index contributed by atoms with van der Waals surface area (Å²) in [7, 11) is 0. The van der Waals surface area contributed by atoms with E-state index in [1.54, 1.807) is 0 Å². The lowest BCUT2D eigenvalue weighted by atomic mass is 10.4. The van der Waals surface area contributed by atoms with Crippen molar-refractivity contribution >= 4 is 11.7 Å². The second-order valence-corrected chi connectivity index (χ2v) is 2.20. The Morgan fingerprint density at radius 2 is 2.50 bits per heavy atom. The molecule has 1 heterocycles. The molecule has 1 atom stereocenters. The third-order valence-corrected chi connectivity index (χ3v) is 1.19. The number of hydrogen-bond donors (Lipinski definition) is 1. The monoisotopic (exact) mass is 169 g/mol. The molecule has 0 fully saturated rings. The van der Waals surface area contributed by atoms with E-state index in [1.165, 1.54) is 18.6 Å². The largest absolute Gasteiger partial charge is 0.308 e. The number of rotatable bonds is 2. The zero-order chi connectivity index (χ0) is 8.97. The Morgan fingerprint density at radius 3 is 3.00 bits per heavy atom. The number of carbonyl (C=O) groups is 1. The molecular weight excluding hydrogens is 161 g/mol. The average molecular weight is 169 g/mol. The van der Waals surface area contributed by atoms with Crippen molar-refractivity contribution in [1.82, 2.24) is 9.97 Å². The molecular formula is C7H8FN3O. The van der Waals surface area contributed by atoms with Gasteiger partial charge in [-0.3, -0.25) is 4.79 Å². The fourth-order valence-electron chi connectivity index (χ4n) is 0.590. The molecule has 1 amide bonds. The summed E-state index contributed by atoms with van der Waals surface area (Å²) in [4.78, 5) is 18.1. The van der Waals surface area contributed by atoms with E-state index in [0.29, 0.717) is 5.82 Å². The molecule has 0 saturated heterocycles. The lowest BCUT2D eigenvalue weighted by Crippen LogP contribution is -2.21. The van der Waals surface area contributed by atoms with Crippen molar-refractivity contribution in [3.8, 4) is 0 Å². The SMILES string of the molecule is CC(F)C(=O)Nc1ccncn1. The molecule has 0 aliphatic heterocycles. The molecule has 0 radical (unpaired) electrons. The van der Waals surface area contributed by atoms with Crippen LogP contribution in [0.1, 0.15) is 6.92 Å². The topological polar surface area (TPSA) is 54.9 Å². The molecule has 64 valence electrons. The van der Waals surface area contributed by atoms with Crippen molar-refractivity contribution < 1.29 is 9.18 Å². The van der Waals surface area contributed by atoms with E-state index in [1.807, 2.05) is 0 Å². The van der Waals surface area contributed by atoms with Crippen LogP contribution in [-0.2, 0) is 4.79 Å². The molecule has 0 saturated carbocycles. The number of nitrogens with one attached hydrogen (secondary N) is 1. The van der Waals surface area contributed by atoms with Gasteiger partial charge in [0, 0.05) is 6.20 Å². The van der Waals surface area contributed by atoms with Crippen molar-refractivity contribution in [3.05, 3.63) is 18.6 Å². The summed E-state index contributed by atoms with van der Waals surface area (Å²) in [5, 5.41) is 2.28. The Kier molecular flexibility index (Phi) is 2.68. The van der Waals surface area contributed by atoms with E-state index < -0.39 is 12.1 Å². The minimum Gasteiger partial charge on any atom is -0.308 e. The Balaban J connectivity index is 2.59. The summed E-state index contributed by atoms with van der Waals surface area (Å²) >= 11 is 0. The molecule has 0 aliphatic carbocycles. The zero-order valence-electron chi connectivity index (χ0n) is 6.49. The summed E-state index contributed by atoms with van der Waals surface area (Å²) in [6.45, 7) is 1.16. The number of amides is 1. The number of nitrogens with zero attached hydrogens (tertiary/aromatic N) is 2. The standard InChI is InChI=1S/C7H8FN3O/c1-5(8)7(12)11-6-2-3-9-4-10-6/h2-5H,1H3,(H,9,10,11,12). The van der Waals surface area contributed by atoms with Crippen LogP contribution >= 0.6 is 0 Å². The maximum atomic E-state index is 12.3. The van der Waals surface area contributed by atoms with Gasteiger partial charge in [-0.1, -0.05) is 0 Å². The summed E-state index contributed by atoms with van der Waals surface area (Å²) < 4.78 is 12.3. The highest BCUT2D eigenvalue weighted by molar-refractivity contribution is 5.92. The average Bonchev–Trinajstić information content (AvgIpc) is 2.06. The minimum absolute atomic E-state index is 0.305. The molecule has 12 heavy (non-hydrogen) atoms. The van der Waals surface area contributed by atoms with Gasteiger partial charge in [-0.25, -0.2) is 14.4 Å². The molecule has 0 bridgehead atoms. The van der Waals surface area contributed by atoms with E-state index in [9.17, 15) is 9.18 Å². The first kappa shape index (κ1) is 8.58. The van der Waals surface area contributed by atoms with Crippen LogP contribution in [0.15, 0.2) is 18.6 Å². The minimum atomic E-state index is -1.53. The van der Waals surface area contributed by atoms with Gasteiger partial charge in [0.05, 0.1) is 0 Å². The van der Waals surface area contributed by atoms with E-state index in [0.717, 1.165) is 6.92 Å². The van der Waals surface area contributed by atoms with Crippen molar-refractivity contribution in [2.24, 2.45) is 0 Å². The Labute approximate surface area is 68.8 Å². The van der Waals surface area contributed by atoms with Gasteiger partial charge in [0.15, 0.2) is 6.17 Å². The molecule has 1 rings (SSSR count). The summed E-state index contributed by atoms with van der Waals surface area (Å²) in [5.41, 5.74) is 0.